The summed E-state index contributed by atoms with van der Waals surface area (Å²) in [7, 11) is 0. The molecule has 0 bridgehead atoms. The van der Waals surface area contributed by atoms with Gasteiger partial charge in [-0.3, -0.25) is 9.69 Å². The minimum absolute atomic E-state index is 0.104. The lowest BCUT2D eigenvalue weighted by molar-refractivity contribution is -0.130. The van der Waals surface area contributed by atoms with Gasteiger partial charge in [0.15, 0.2) is 0 Å². The smallest absolute Gasteiger partial charge is 0.227 e. The van der Waals surface area contributed by atoms with E-state index >= 15 is 0 Å². The molecule has 1 aromatic carbocycles. The topological polar surface area (TPSA) is 80.1 Å². The maximum Gasteiger partial charge on any atom is 0.227 e. The Morgan fingerprint density at radius 1 is 1.13 bits per heavy atom. The molecule has 2 aliphatic rings. The van der Waals surface area contributed by atoms with Crippen molar-refractivity contribution in [3.63, 3.8) is 0 Å². The van der Waals surface area contributed by atoms with Crippen LogP contribution in [0, 0.1) is 0 Å². The first-order valence-electron chi connectivity index (χ1n) is 10.2. The molecule has 0 unspecified atom stereocenters. The van der Waals surface area contributed by atoms with Crippen molar-refractivity contribution in [3.05, 3.63) is 59.2 Å². The number of aliphatic hydroxyl groups excluding tert-OH is 1. The Bertz CT molecular complexity index is 858. The van der Waals surface area contributed by atoms with E-state index in [0.29, 0.717) is 11.6 Å². The van der Waals surface area contributed by atoms with E-state index in [9.17, 15) is 15.0 Å². The fourth-order valence-electron chi connectivity index (χ4n) is 4.18. The second kappa shape index (κ2) is 8.89. The van der Waals surface area contributed by atoms with E-state index in [1.165, 1.54) is 0 Å². The molecule has 0 radical (unpaired) electrons. The number of hydrogen-bond acceptors (Lipinski definition) is 6. The van der Waals surface area contributed by atoms with E-state index in [1.807, 2.05) is 30.3 Å². The molecule has 1 aromatic heterocycles. The number of piperazine rings is 1. The summed E-state index contributed by atoms with van der Waals surface area (Å²) in [5.74, 6) is 0.850. The van der Waals surface area contributed by atoms with Gasteiger partial charge in [0.1, 0.15) is 17.5 Å². The Morgan fingerprint density at radius 2 is 1.87 bits per heavy atom. The number of β-amino-alcohol motifs (C(OH)–C–C–N with tert-alkyl or cyclic N) is 2. The Labute approximate surface area is 181 Å². The van der Waals surface area contributed by atoms with Crippen LogP contribution in [-0.4, -0.2) is 88.4 Å². The highest BCUT2D eigenvalue weighted by Crippen LogP contribution is 2.25. The number of hydrogen-bond donors (Lipinski definition) is 2. The van der Waals surface area contributed by atoms with E-state index in [4.69, 9.17) is 11.6 Å². The largest absolute Gasteiger partial charge is 0.388 e. The molecule has 7 nitrogen and oxygen atoms in total. The summed E-state index contributed by atoms with van der Waals surface area (Å²) in [5.41, 5.74) is -0.456. The first-order valence-corrected chi connectivity index (χ1v) is 10.6. The monoisotopic (exact) mass is 430 g/mol. The molecule has 0 aliphatic carbocycles. The van der Waals surface area contributed by atoms with Gasteiger partial charge < -0.3 is 20.0 Å². The zero-order valence-corrected chi connectivity index (χ0v) is 17.6. The molecule has 30 heavy (non-hydrogen) atoms. The van der Waals surface area contributed by atoms with Crippen LogP contribution in [0.15, 0.2) is 48.7 Å². The summed E-state index contributed by atoms with van der Waals surface area (Å²) in [4.78, 5) is 23.0. The molecule has 3 heterocycles. The van der Waals surface area contributed by atoms with Crippen molar-refractivity contribution in [2.75, 3.05) is 50.7 Å². The zero-order valence-electron chi connectivity index (χ0n) is 16.8. The van der Waals surface area contributed by atoms with Gasteiger partial charge in [0.25, 0.3) is 0 Å². The van der Waals surface area contributed by atoms with Gasteiger partial charge in [-0.05, 0) is 29.8 Å². The van der Waals surface area contributed by atoms with Crippen LogP contribution in [0.3, 0.4) is 0 Å². The van der Waals surface area contributed by atoms with Crippen LogP contribution in [0.5, 0.6) is 0 Å². The Hall–Kier alpha value is -2.19. The minimum Gasteiger partial charge on any atom is -0.388 e. The van der Waals surface area contributed by atoms with Gasteiger partial charge in [-0.2, -0.15) is 0 Å². The molecule has 2 aliphatic heterocycles. The van der Waals surface area contributed by atoms with Crippen LogP contribution in [-0.2, 0) is 11.2 Å². The van der Waals surface area contributed by atoms with Gasteiger partial charge in [0, 0.05) is 50.5 Å². The summed E-state index contributed by atoms with van der Waals surface area (Å²) >= 11 is 5.90. The number of pyridine rings is 1. The van der Waals surface area contributed by atoms with Crippen molar-refractivity contribution >= 4 is 23.3 Å². The summed E-state index contributed by atoms with van der Waals surface area (Å²) in [6, 6.07) is 13.0. The molecule has 2 saturated heterocycles. The highest BCUT2D eigenvalue weighted by molar-refractivity contribution is 6.30. The summed E-state index contributed by atoms with van der Waals surface area (Å²) in [6.45, 7) is 3.78. The van der Waals surface area contributed by atoms with E-state index in [2.05, 4.69) is 14.8 Å². The van der Waals surface area contributed by atoms with E-state index < -0.39 is 11.7 Å². The molecule has 4 rings (SSSR count). The van der Waals surface area contributed by atoms with Crippen LogP contribution in [0.1, 0.15) is 5.56 Å². The van der Waals surface area contributed by atoms with Gasteiger partial charge in [-0.15, -0.1) is 0 Å². The molecular formula is C22H27ClN4O3. The summed E-state index contributed by atoms with van der Waals surface area (Å²) < 4.78 is 0. The Morgan fingerprint density at radius 3 is 2.53 bits per heavy atom. The van der Waals surface area contributed by atoms with Gasteiger partial charge >= 0.3 is 0 Å². The lowest BCUT2D eigenvalue weighted by Gasteiger charge is -2.39. The molecule has 1 amide bonds. The number of rotatable bonds is 5. The third-order valence-electron chi connectivity index (χ3n) is 5.94. The Balaban J connectivity index is 1.31. The first-order chi connectivity index (χ1) is 14.4. The minimum atomic E-state index is -1.32. The molecule has 0 spiro atoms. The number of likely N-dealkylation sites (tertiary alicyclic amines) is 1. The number of carbonyl (C=O) groups is 1. The van der Waals surface area contributed by atoms with Gasteiger partial charge in [0.2, 0.25) is 5.91 Å². The van der Waals surface area contributed by atoms with E-state index in [1.54, 1.807) is 23.2 Å². The van der Waals surface area contributed by atoms with Crippen LogP contribution in [0.4, 0.5) is 5.82 Å². The van der Waals surface area contributed by atoms with Crippen molar-refractivity contribution < 1.29 is 15.0 Å². The lowest BCUT2D eigenvalue weighted by Crippen LogP contribution is -2.56. The third-order valence-corrected chi connectivity index (χ3v) is 6.19. The summed E-state index contributed by atoms with van der Waals surface area (Å²) in [5, 5.41) is 22.2. The number of halogens is 1. The fourth-order valence-corrected chi connectivity index (χ4v) is 4.30. The Kier molecular flexibility index (Phi) is 6.24. The quantitative estimate of drug-likeness (QED) is 0.737. The number of carbonyl (C=O) groups excluding carboxylic acids is 1. The second-order valence-electron chi connectivity index (χ2n) is 8.15. The number of amides is 1. The van der Waals surface area contributed by atoms with Crippen molar-refractivity contribution in [1.82, 2.24) is 14.8 Å². The van der Waals surface area contributed by atoms with E-state index in [-0.39, 0.29) is 25.4 Å². The van der Waals surface area contributed by atoms with Crippen LogP contribution >= 0.6 is 11.6 Å². The van der Waals surface area contributed by atoms with Crippen LogP contribution < -0.4 is 4.90 Å². The molecule has 160 valence electrons. The zero-order chi connectivity index (χ0) is 21.1. The second-order valence-corrected chi connectivity index (χ2v) is 8.58. The highest BCUT2D eigenvalue weighted by Gasteiger charge is 2.47. The van der Waals surface area contributed by atoms with E-state index in [0.717, 1.165) is 37.6 Å². The number of anilines is 1. The number of aromatic nitrogens is 1. The van der Waals surface area contributed by atoms with Gasteiger partial charge in [-0.1, -0.05) is 29.8 Å². The summed E-state index contributed by atoms with van der Waals surface area (Å²) in [6.07, 6.45) is 1.05. The third kappa shape index (κ3) is 4.75. The molecule has 2 fully saturated rings. The molecule has 0 saturated carbocycles. The van der Waals surface area contributed by atoms with Crippen LogP contribution in [0.2, 0.25) is 5.02 Å². The molecular weight excluding hydrogens is 404 g/mol. The van der Waals surface area contributed by atoms with Gasteiger partial charge in [-0.25, -0.2) is 4.98 Å². The predicted octanol–water partition coefficient (Wildman–Crippen LogP) is 1.03. The number of aliphatic hydroxyl groups is 2. The van der Waals surface area contributed by atoms with Crippen molar-refractivity contribution in [2.24, 2.45) is 0 Å². The highest BCUT2D eigenvalue weighted by atomic mass is 35.5. The number of benzene rings is 1. The van der Waals surface area contributed by atoms with Crippen LogP contribution in [0.25, 0.3) is 0 Å². The fraction of sp³-hybridized carbons (Fsp3) is 0.455. The average Bonchev–Trinajstić information content (AvgIpc) is 3.05. The molecule has 8 heteroatoms. The normalized spacial score (nSPS) is 25.0. The van der Waals surface area contributed by atoms with Gasteiger partial charge in [0.05, 0.1) is 13.0 Å². The number of nitrogens with zero attached hydrogens (tertiary/aromatic N) is 4. The lowest BCUT2D eigenvalue weighted by atomic mass is 9.99. The van der Waals surface area contributed by atoms with Crippen molar-refractivity contribution in [1.29, 1.82) is 0 Å². The molecule has 2 aromatic rings. The first kappa shape index (κ1) is 21.1. The average molecular weight is 431 g/mol. The van der Waals surface area contributed by atoms with Crippen molar-refractivity contribution in [2.45, 2.75) is 18.1 Å². The maximum atomic E-state index is 12.7. The standard InChI is InChI=1S/C22H27ClN4O3/c23-18-6-4-17(5-7-18)13-21(29)27-14-19(28)22(30,16-27)15-25-9-11-26(12-10-25)20-3-1-2-8-24-20/h1-8,19,28,30H,9-16H2/t19-,22+/m1/s1. The maximum absolute atomic E-state index is 12.7. The predicted molar refractivity (Wildman–Crippen MR) is 116 cm³/mol. The molecule has 2 N–H and O–H groups in total. The van der Waals surface area contributed by atoms with Crippen molar-refractivity contribution in [3.8, 4) is 0 Å². The SMILES string of the molecule is O=C(Cc1ccc(Cl)cc1)N1C[C@@H](O)[C@](O)(CN2CCN(c3ccccn3)CC2)C1. The molecule has 2 atom stereocenters.